The van der Waals surface area contributed by atoms with Crippen molar-refractivity contribution in [3.05, 3.63) is 66.9 Å². The molecule has 0 saturated carbocycles. The van der Waals surface area contributed by atoms with Crippen LogP contribution in [-0.2, 0) is 0 Å². The second-order valence-corrected chi connectivity index (χ2v) is 5.24. The molecule has 3 rings (SSSR count). The highest BCUT2D eigenvalue weighted by Crippen LogP contribution is 2.09. The van der Waals surface area contributed by atoms with Gasteiger partial charge in [0.05, 0.1) is 6.04 Å². The van der Waals surface area contributed by atoms with E-state index in [-0.39, 0.29) is 11.9 Å². The third kappa shape index (κ3) is 3.95. The van der Waals surface area contributed by atoms with E-state index in [0.717, 1.165) is 5.75 Å². The van der Waals surface area contributed by atoms with E-state index in [4.69, 9.17) is 4.74 Å². The van der Waals surface area contributed by atoms with Gasteiger partial charge in [-0.2, -0.15) is 5.10 Å². The number of carbonyl (C=O) groups is 1. The minimum atomic E-state index is -0.192. The lowest BCUT2D eigenvalue weighted by Gasteiger charge is -2.15. The van der Waals surface area contributed by atoms with Crippen molar-refractivity contribution >= 4 is 5.91 Å². The maximum Gasteiger partial charge on any atom is 0.251 e. The van der Waals surface area contributed by atoms with E-state index >= 15 is 0 Å². The van der Waals surface area contributed by atoms with Gasteiger partial charge in [0.15, 0.2) is 5.82 Å². The van der Waals surface area contributed by atoms with Crippen molar-refractivity contribution in [1.29, 1.82) is 0 Å². The van der Waals surface area contributed by atoms with Gasteiger partial charge in [0.1, 0.15) is 25.0 Å². The van der Waals surface area contributed by atoms with Crippen LogP contribution in [0, 0.1) is 0 Å². The number of ether oxygens (including phenoxy) is 1. The van der Waals surface area contributed by atoms with Crippen molar-refractivity contribution in [2.45, 2.75) is 13.0 Å². The minimum absolute atomic E-state index is 0.138. The number of pyridine rings is 1. The lowest BCUT2D eigenvalue weighted by molar-refractivity contribution is 0.0926. The van der Waals surface area contributed by atoms with Crippen molar-refractivity contribution in [2.75, 3.05) is 6.61 Å². The van der Waals surface area contributed by atoms with E-state index in [0.29, 0.717) is 18.0 Å². The predicted octanol–water partition coefficient (Wildman–Crippen LogP) is 1.86. The Morgan fingerprint density at radius 2 is 2.12 bits per heavy atom. The summed E-state index contributed by atoms with van der Waals surface area (Å²) in [7, 11) is 0. The van der Waals surface area contributed by atoms with E-state index < -0.39 is 0 Å². The standard InChI is InChI=1S/C17H17N5O2/c1-13(10-24-15-5-3-2-4-6-15)21-17(23)14-7-8-19-16(9-14)22-12-18-11-20-22/h2-9,11-13H,10H2,1H3,(H,21,23)/t13-/m0/s1. The number of carbonyl (C=O) groups excluding carboxylic acids is 1. The van der Waals surface area contributed by atoms with Gasteiger partial charge in [0.2, 0.25) is 0 Å². The molecule has 1 N–H and O–H groups in total. The molecule has 0 bridgehead atoms. The summed E-state index contributed by atoms with van der Waals surface area (Å²) in [6, 6.07) is 12.7. The van der Waals surface area contributed by atoms with Crippen LogP contribution in [0.15, 0.2) is 61.3 Å². The molecule has 0 saturated heterocycles. The van der Waals surface area contributed by atoms with Gasteiger partial charge in [-0.25, -0.2) is 14.6 Å². The Labute approximate surface area is 139 Å². The van der Waals surface area contributed by atoms with Crippen LogP contribution in [-0.4, -0.2) is 38.3 Å². The van der Waals surface area contributed by atoms with Gasteiger partial charge in [-0.1, -0.05) is 18.2 Å². The summed E-state index contributed by atoms with van der Waals surface area (Å²) in [4.78, 5) is 20.4. The Morgan fingerprint density at radius 1 is 1.29 bits per heavy atom. The largest absolute Gasteiger partial charge is 0.491 e. The first-order valence-electron chi connectivity index (χ1n) is 7.52. The van der Waals surface area contributed by atoms with Gasteiger partial charge in [-0.3, -0.25) is 4.79 Å². The molecule has 1 aromatic carbocycles. The first-order chi connectivity index (χ1) is 11.7. The van der Waals surface area contributed by atoms with Gasteiger partial charge >= 0.3 is 0 Å². The maximum atomic E-state index is 12.3. The van der Waals surface area contributed by atoms with Crippen molar-refractivity contribution in [3.63, 3.8) is 0 Å². The highest BCUT2D eigenvalue weighted by Gasteiger charge is 2.12. The molecular weight excluding hydrogens is 306 g/mol. The van der Waals surface area contributed by atoms with Crippen LogP contribution in [0.5, 0.6) is 5.75 Å². The summed E-state index contributed by atoms with van der Waals surface area (Å²) in [5.41, 5.74) is 0.502. The zero-order valence-electron chi connectivity index (χ0n) is 13.2. The van der Waals surface area contributed by atoms with Gasteiger partial charge in [0, 0.05) is 11.8 Å². The number of para-hydroxylation sites is 1. The zero-order valence-corrected chi connectivity index (χ0v) is 13.2. The predicted molar refractivity (Wildman–Crippen MR) is 88.0 cm³/mol. The Morgan fingerprint density at radius 3 is 2.88 bits per heavy atom. The minimum Gasteiger partial charge on any atom is -0.491 e. The third-order valence-corrected chi connectivity index (χ3v) is 3.28. The molecule has 7 nitrogen and oxygen atoms in total. The quantitative estimate of drug-likeness (QED) is 0.749. The highest BCUT2D eigenvalue weighted by molar-refractivity contribution is 5.94. The van der Waals surface area contributed by atoms with Gasteiger partial charge in [-0.15, -0.1) is 0 Å². The van der Waals surface area contributed by atoms with Crippen molar-refractivity contribution in [1.82, 2.24) is 25.1 Å². The number of rotatable bonds is 6. The summed E-state index contributed by atoms with van der Waals surface area (Å²) in [6.45, 7) is 2.27. The van der Waals surface area contributed by atoms with Crippen molar-refractivity contribution in [3.8, 4) is 11.6 Å². The number of aromatic nitrogens is 4. The Hall–Kier alpha value is -3.22. The molecule has 2 heterocycles. The molecule has 7 heteroatoms. The molecule has 1 atom stereocenters. The number of hydrogen-bond donors (Lipinski definition) is 1. The van der Waals surface area contributed by atoms with Crippen LogP contribution in [0.3, 0.4) is 0 Å². The van der Waals surface area contributed by atoms with Crippen LogP contribution < -0.4 is 10.1 Å². The molecule has 0 radical (unpaired) electrons. The molecule has 0 spiro atoms. The molecule has 122 valence electrons. The maximum absolute atomic E-state index is 12.3. The molecule has 2 aromatic heterocycles. The number of amides is 1. The normalized spacial score (nSPS) is 11.7. The Balaban J connectivity index is 1.59. The molecule has 0 fully saturated rings. The number of hydrogen-bond acceptors (Lipinski definition) is 5. The summed E-state index contributed by atoms with van der Waals surface area (Å²) in [5, 5.41) is 6.90. The average Bonchev–Trinajstić information content (AvgIpc) is 3.16. The van der Waals surface area contributed by atoms with Crippen LogP contribution >= 0.6 is 0 Å². The van der Waals surface area contributed by atoms with Gasteiger partial charge < -0.3 is 10.1 Å². The number of benzene rings is 1. The van der Waals surface area contributed by atoms with E-state index in [9.17, 15) is 4.79 Å². The molecule has 3 aromatic rings. The average molecular weight is 323 g/mol. The fraction of sp³-hybridized carbons (Fsp3) is 0.176. The van der Waals surface area contributed by atoms with E-state index in [1.807, 2.05) is 37.3 Å². The van der Waals surface area contributed by atoms with Gasteiger partial charge in [0.25, 0.3) is 5.91 Å². The molecular formula is C17H17N5O2. The first-order valence-corrected chi connectivity index (χ1v) is 7.52. The Kier molecular flexibility index (Phi) is 4.81. The lowest BCUT2D eigenvalue weighted by atomic mass is 10.2. The summed E-state index contributed by atoms with van der Waals surface area (Å²) in [5.74, 6) is 1.12. The van der Waals surface area contributed by atoms with Crippen molar-refractivity contribution < 1.29 is 9.53 Å². The molecule has 0 aliphatic rings. The topological polar surface area (TPSA) is 81.9 Å². The SMILES string of the molecule is C[C@@H](COc1ccccc1)NC(=O)c1ccnc(-n2cncn2)c1. The second-order valence-electron chi connectivity index (χ2n) is 5.24. The highest BCUT2D eigenvalue weighted by atomic mass is 16.5. The van der Waals surface area contributed by atoms with Crippen LogP contribution in [0.2, 0.25) is 0 Å². The Bertz CT molecular complexity index is 790. The van der Waals surface area contributed by atoms with Crippen LogP contribution in [0.1, 0.15) is 17.3 Å². The number of nitrogens with one attached hydrogen (secondary N) is 1. The van der Waals surface area contributed by atoms with E-state index in [2.05, 4.69) is 20.4 Å². The lowest BCUT2D eigenvalue weighted by Crippen LogP contribution is -2.36. The fourth-order valence-corrected chi connectivity index (χ4v) is 2.10. The summed E-state index contributed by atoms with van der Waals surface area (Å²) >= 11 is 0. The molecule has 0 aliphatic heterocycles. The summed E-state index contributed by atoms with van der Waals surface area (Å²) in [6.07, 6.45) is 4.51. The van der Waals surface area contributed by atoms with Gasteiger partial charge in [-0.05, 0) is 31.2 Å². The van der Waals surface area contributed by atoms with Crippen LogP contribution in [0.4, 0.5) is 0 Å². The van der Waals surface area contributed by atoms with Crippen molar-refractivity contribution in [2.24, 2.45) is 0 Å². The second kappa shape index (κ2) is 7.36. The molecule has 1 amide bonds. The molecule has 0 unspecified atom stereocenters. The van der Waals surface area contributed by atoms with Crippen LogP contribution in [0.25, 0.3) is 5.82 Å². The molecule has 24 heavy (non-hydrogen) atoms. The fourth-order valence-electron chi connectivity index (χ4n) is 2.10. The molecule has 0 aliphatic carbocycles. The zero-order chi connectivity index (χ0) is 16.8. The smallest absolute Gasteiger partial charge is 0.251 e. The third-order valence-electron chi connectivity index (χ3n) is 3.28. The first kappa shape index (κ1) is 15.7. The number of nitrogens with zero attached hydrogens (tertiary/aromatic N) is 4. The monoisotopic (exact) mass is 323 g/mol. The van der Waals surface area contributed by atoms with E-state index in [1.165, 1.54) is 17.3 Å². The summed E-state index contributed by atoms with van der Waals surface area (Å²) < 4.78 is 7.14. The van der Waals surface area contributed by atoms with E-state index in [1.54, 1.807) is 18.3 Å².